The molecule has 2 heteroatoms. The van der Waals surface area contributed by atoms with Gasteiger partial charge < -0.3 is 0 Å². The van der Waals surface area contributed by atoms with Crippen molar-refractivity contribution < 1.29 is 8.78 Å². The zero-order valence-corrected chi connectivity index (χ0v) is 5.90. The summed E-state index contributed by atoms with van der Waals surface area (Å²) in [5.41, 5.74) is 0.421. The first-order valence-electron chi connectivity index (χ1n) is 3.64. The zero-order valence-electron chi connectivity index (χ0n) is 5.90. The molecule has 1 aliphatic rings. The summed E-state index contributed by atoms with van der Waals surface area (Å²) < 4.78 is 25.5. The topological polar surface area (TPSA) is 0 Å². The largest absolute Gasteiger partial charge is 0.204 e. The van der Waals surface area contributed by atoms with Crippen LogP contribution >= 0.6 is 0 Å². The molecule has 11 heavy (non-hydrogen) atoms. The van der Waals surface area contributed by atoms with Crippen molar-refractivity contribution >= 4 is 0 Å². The molecule has 0 aliphatic heterocycles. The second-order valence-corrected chi connectivity index (χ2v) is 2.83. The smallest absolute Gasteiger partial charge is 0.162 e. The molecule has 1 saturated carbocycles. The van der Waals surface area contributed by atoms with Crippen molar-refractivity contribution in [2.75, 3.05) is 0 Å². The Morgan fingerprint density at radius 1 is 1.36 bits per heavy atom. The van der Waals surface area contributed by atoms with E-state index in [1.165, 1.54) is 6.07 Å². The van der Waals surface area contributed by atoms with Gasteiger partial charge in [0.1, 0.15) is 0 Å². The van der Waals surface area contributed by atoms with E-state index in [0.29, 0.717) is 5.56 Å². The third-order valence-electron chi connectivity index (χ3n) is 1.90. The molecule has 1 fully saturated rings. The normalized spacial score (nSPS) is 16.9. The minimum absolute atomic E-state index is 0.227. The molecule has 1 aromatic carbocycles. The molecule has 2 rings (SSSR count). The van der Waals surface area contributed by atoms with E-state index in [1.54, 1.807) is 0 Å². The van der Waals surface area contributed by atoms with E-state index in [0.717, 1.165) is 18.9 Å². The van der Waals surface area contributed by atoms with Gasteiger partial charge in [-0.3, -0.25) is 0 Å². The van der Waals surface area contributed by atoms with Crippen LogP contribution in [0.4, 0.5) is 8.78 Å². The van der Waals surface area contributed by atoms with Crippen molar-refractivity contribution in [3.63, 3.8) is 0 Å². The fourth-order valence-electron chi connectivity index (χ4n) is 1.14. The second kappa shape index (κ2) is 2.29. The zero-order chi connectivity index (χ0) is 7.84. The van der Waals surface area contributed by atoms with Gasteiger partial charge in [0.25, 0.3) is 0 Å². The lowest BCUT2D eigenvalue weighted by Crippen LogP contribution is -1.90. The first-order chi connectivity index (χ1) is 5.29. The van der Waals surface area contributed by atoms with Crippen LogP contribution in [0, 0.1) is 17.7 Å². The second-order valence-electron chi connectivity index (χ2n) is 2.83. The van der Waals surface area contributed by atoms with Crippen LogP contribution < -0.4 is 0 Å². The van der Waals surface area contributed by atoms with E-state index < -0.39 is 11.6 Å². The van der Waals surface area contributed by atoms with Crippen LogP contribution in [0.5, 0.6) is 0 Å². The Morgan fingerprint density at radius 3 is 2.73 bits per heavy atom. The Kier molecular flexibility index (Phi) is 1.41. The molecule has 0 amide bonds. The van der Waals surface area contributed by atoms with Crippen LogP contribution in [0.3, 0.4) is 0 Å². The fraction of sp³-hybridized carbons (Fsp3) is 0.333. The Morgan fingerprint density at radius 2 is 2.09 bits per heavy atom. The van der Waals surface area contributed by atoms with Gasteiger partial charge in [-0.2, -0.15) is 0 Å². The first kappa shape index (κ1) is 6.77. The standard InChI is InChI=1S/C9H7F2/c10-8-3-1-2-7(9(8)11)6-4-5-6/h1,3,6H,4-5H2. The lowest BCUT2D eigenvalue weighted by Gasteiger charge is -1.98. The van der Waals surface area contributed by atoms with Crippen LogP contribution in [0.25, 0.3) is 0 Å². The molecular formula is C9H7F2. The van der Waals surface area contributed by atoms with E-state index in [1.807, 2.05) is 0 Å². The van der Waals surface area contributed by atoms with Gasteiger partial charge in [0.2, 0.25) is 0 Å². The Bertz CT molecular complexity index is 277. The monoisotopic (exact) mass is 153 g/mol. The van der Waals surface area contributed by atoms with Gasteiger partial charge in [-0.1, -0.05) is 6.07 Å². The molecular weight excluding hydrogens is 146 g/mol. The average Bonchev–Trinajstić information content (AvgIpc) is 2.77. The highest BCUT2D eigenvalue weighted by Crippen LogP contribution is 2.41. The molecule has 0 nitrogen and oxygen atoms in total. The predicted molar refractivity (Wildman–Crippen MR) is 37.2 cm³/mol. The predicted octanol–water partition coefficient (Wildman–Crippen LogP) is 2.64. The molecule has 0 unspecified atom stereocenters. The van der Waals surface area contributed by atoms with E-state index in [9.17, 15) is 8.78 Å². The molecule has 0 bridgehead atoms. The summed E-state index contributed by atoms with van der Waals surface area (Å²) in [5, 5.41) is 0. The van der Waals surface area contributed by atoms with Gasteiger partial charge in [-0.15, -0.1) is 0 Å². The van der Waals surface area contributed by atoms with E-state index in [-0.39, 0.29) is 5.92 Å². The Labute approximate surface area is 63.9 Å². The Hall–Kier alpha value is -0.920. The minimum Gasteiger partial charge on any atom is -0.204 e. The Balaban J connectivity index is 2.45. The summed E-state index contributed by atoms with van der Waals surface area (Å²) in [5.74, 6) is -1.24. The molecule has 1 aliphatic carbocycles. The molecule has 1 aromatic rings. The van der Waals surface area contributed by atoms with Crippen molar-refractivity contribution in [1.29, 1.82) is 0 Å². The average molecular weight is 153 g/mol. The van der Waals surface area contributed by atoms with E-state index in [4.69, 9.17) is 0 Å². The quantitative estimate of drug-likeness (QED) is 0.581. The summed E-state index contributed by atoms with van der Waals surface area (Å²) in [6, 6.07) is 5.26. The number of hydrogen-bond acceptors (Lipinski definition) is 0. The molecule has 57 valence electrons. The summed E-state index contributed by atoms with van der Waals surface area (Å²) in [4.78, 5) is 0. The fourth-order valence-corrected chi connectivity index (χ4v) is 1.14. The third-order valence-corrected chi connectivity index (χ3v) is 1.90. The van der Waals surface area contributed by atoms with Crippen molar-refractivity contribution in [1.82, 2.24) is 0 Å². The molecule has 0 atom stereocenters. The van der Waals surface area contributed by atoms with E-state index in [2.05, 4.69) is 6.07 Å². The van der Waals surface area contributed by atoms with Crippen LogP contribution in [0.2, 0.25) is 0 Å². The van der Waals surface area contributed by atoms with Crippen LogP contribution in [-0.4, -0.2) is 0 Å². The highest BCUT2D eigenvalue weighted by Gasteiger charge is 2.27. The maximum Gasteiger partial charge on any atom is 0.162 e. The summed E-state index contributed by atoms with van der Waals surface area (Å²) in [6.45, 7) is 0. The van der Waals surface area contributed by atoms with Crippen molar-refractivity contribution in [2.45, 2.75) is 18.8 Å². The van der Waals surface area contributed by atoms with Gasteiger partial charge in [-0.25, -0.2) is 8.78 Å². The first-order valence-corrected chi connectivity index (χ1v) is 3.64. The maximum absolute atomic E-state index is 12.9. The highest BCUT2D eigenvalue weighted by atomic mass is 19.2. The number of halogens is 2. The molecule has 0 heterocycles. The molecule has 1 radical (unpaired) electrons. The molecule has 0 saturated heterocycles. The van der Waals surface area contributed by atoms with Gasteiger partial charge in [0.05, 0.1) is 0 Å². The maximum atomic E-state index is 12.9. The highest BCUT2D eigenvalue weighted by molar-refractivity contribution is 5.25. The lowest BCUT2D eigenvalue weighted by atomic mass is 10.1. The van der Waals surface area contributed by atoms with Gasteiger partial charge in [0, 0.05) is 5.56 Å². The number of rotatable bonds is 1. The van der Waals surface area contributed by atoms with Crippen LogP contribution in [0.15, 0.2) is 12.1 Å². The number of benzene rings is 1. The van der Waals surface area contributed by atoms with Gasteiger partial charge >= 0.3 is 0 Å². The summed E-state index contributed by atoms with van der Waals surface area (Å²) >= 11 is 0. The van der Waals surface area contributed by atoms with Crippen molar-refractivity contribution in [2.24, 2.45) is 0 Å². The van der Waals surface area contributed by atoms with E-state index >= 15 is 0 Å². The van der Waals surface area contributed by atoms with Crippen molar-refractivity contribution in [3.05, 3.63) is 35.4 Å². The van der Waals surface area contributed by atoms with Gasteiger partial charge in [0.15, 0.2) is 11.6 Å². The molecule has 0 N–H and O–H groups in total. The van der Waals surface area contributed by atoms with Crippen LogP contribution in [0.1, 0.15) is 24.3 Å². The molecule has 0 spiro atoms. The van der Waals surface area contributed by atoms with Crippen LogP contribution in [-0.2, 0) is 0 Å². The summed E-state index contributed by atoms with van der Waals surface area (Å²) in [7, 11) is 0. The SMILES string of the molecule is Fc1cc[c]c(C2CC2)c1F. The minimum atomic E-state index is -0.759. The summed E-state index contributed by atoms with van der Waals surface area (Å²) in [6.07, 6.45) is 1.94. The van der Waals surface area contributed by atoms with Gasteiger partial charge in [-0.05, 0) is 30.9 Å². The lowest BCUT2D eigenvalue weighted by molar-refractivity contribution is 0.499. The molecule has 0 aromatic heterocycles. The third kappa shape index (κ3) is 1.13. The number of hydrogen-bond donors (Lipinski definition) is 0. The van der Waals surface area contributed by atoms with Crippen molar-refractivity contribution in [3.8, 4) is 0 Å².